The van der Waals surface area contributed by atoms with Gasteiger partial charge in [-0.3, -0.25) is 9.18 Å². The second-order valence-corrected chi connectivity index (χ2v) is 6.19. The molecule has 0 heterocycles. The van der Waals surface area contributed by atoms with Gasteiger partial charge in [0.1, 0.15) is 0 Å². The van der Waals surface area contributed by atoms with E-state index in [-0.39, 0.29) is 17.7 Å². The van der Waals surface area contributed by atoms with Crippen molar-refractivity contribution in [2.24, 2.45) is 0 Å². The van der Waals surface area contributed by atoms with Crippen LogP contribution in [0.1, 0.15) is 5.56 Å². The molecule has 1 aromatic carbocycles. The lowest BCUT2D eigenvalue weighted by Crippen LogP contribution is -2.30. The molecule has 112 valence electrons. The maximum absolute atomic E-state index is 12.3. The van der Waals surface area contributed by atoms with Gasteiger partial charge in [-0.1, -0.05) is 0 Å². The number of hydrogen-bond donors (Lipinski definition) is 1. The number of halogens is 5. The van der Waals surface area contributed by atoms with Crippen LogP contribution in [0.2, 0.25) is 0 Å². The van der Waals surface area contributed by atoms with Gasteiger partial charge in [-0.25, -0.2) is 8.42 Å². The van der Waals surface area contributed by atoms with E-state index in [0.29, 0.717) is 0 Å². The molecule has 0 bridgehead atoms. The maximum atomic E-state index is 12.3. The number of anilines is 1. The first kappa shape index (κ1) is 16.7. The van der Waals surface area contributed by atoms with Gasteiger partial charge in [0.05, 0.1) is 11.6 Å². The Kier molecular flexibility index (Phi) is 4.98. The predicted molar refractivity (Wildman–Crippen MR) is 63.8 cm³/mol. The minimum Gasteiger partial charge on any atom is -0.318 e. The van der Waals surface area contributed by atoms with Crippen LogP contribution in [0.5, 0.6) is 0 Å². The smallest absolute Gasteiger partial charge is 0.318 e. The van der Waals surface area contributed by atoms with E-state index in [4.69, 9.17) is 10.7 Å². The molecule has 4 nitrogen and oxygen atoms in total. The van der Waals surface area contributed by atoms with E-state index in [1.807, 2.05) is 0 Å². The van der Waals surface area contributed by atoms with Gasteiger partial charge >= 0.3 is 12.1 Å². The van der Waals surface area contributed by atoms with Gasteiger partial charge in [0, 0.05) is 22.8 Å². The second-order valence-electron chi connectivity index (χ2n) is 3.65. The third-order valence-electron chi connectivity index (χ3n) is 2.20. The molecular weight excluding hydrogens is 326 g/mol. The molecule has 0 aliphatic heterocycles. The van der Waals surface area contributed by atoms with Crippen molar-refractivity contribution < 1.29 is 30.8 Å². The zero-order valence-corrected chi connectivity index (χ0v) is 11.2. The fraction of sp³-hybridized carbons (Fsp3) is 0.300. The summed E-state index contributed by atoms with van der Waals surface area (Å²) in [6.07, 6.45) is -5.45. The van der Waals surface area contributed by atoms with E-state index in [9.17, 15) is 30.8 Å². The number of carbonyl (C=O) groups is 1. The summed E-state index contributed by atoms with van der Waals surface area (Å²) in [5, 5.41) is 1.54. The van der Waals surface area contributed by atoms with Crippen LogP contribution in [0.25, 0.3) is 0 Å². The number of hydrogen-bond acceptors (Lipinski definition) is 3. The zero-order chi connectivity index (χ0) is 15.6. The first-order valence-corrected chi connectivity index (χ1v) is 7.38. The van der Waals surface area contributed by atoms with E-state index < -0.39 is 32.7 Å². The molecule has 0 radical (unpaired) electrons. The normalized spacial score (nSPS) is 12.2. The number of rotatable bonds is 4. The summed E-state index contributed by atoms with van der Waals surface area (Å²) in [5.74, 6) is -2.22. The van der Waals surface area contributed by atoms with Crippen LogP contribution >= 0.6 is 10.7 Å². The SMILES string of the molecule is O=C(Nc1ccc(S(=O)(=O)Cl)c(CCF)c1)C(F)(F)F. The first-order chi connectivity index (χ1) is 9.05. The van der Waals surface area contributed by atoms with Crippen molar-refractivity contribution in [1.29, 1.82) is 0 Å². The predicted octanol–water partition coefficient (Wildman–Crippen LogP) is 2.63. The largest absolute Gasteiger partial charge is 0.471 e. The Morgan fingerprint density at radius 1 is 1.30 bits per heavy atom. The lowest BCUT2D eigenvalue weighted by molar-refractivity contribution is -0.167. The molecule has 1 N–H and O–H groups in total. The second kappa shape index (κ2) is 5.96. The van der Waals surface area contributed by atoms with Crippen LogP contribution in [0.3, 0.4) is 0 Å². The lowest BCUT2D eigenvalue weighted by Gasteiger charge is -2.11. The Hall–Kier alpha value is -1.35. The Balaban J connectivity index is 3.15. The van der Waals surface area contributed by atoms with Crippen molar-refractivity contribution in [2.45, 2.75) is 17.5 Å². The monoisotopic (exact) mass is 333 g/mol. The molecule has 0 atom stereocenters. The molecule has 1 aromatic rings. The minimum absolute atomic E-state index is 0.123. The van der Waals surface area contributed by atoms with Crippen molar-refractivity contribution in [3.8, 4) is 0 Å². The summed E-state index contributed by atoms with van der Waals surface area (Å²) in [4.78, 5) is 10.3. The molecule has 0 fully saturated rings. The highest BCUT2D eigenvalue weighted by atomic mass is 35.7. The number of carbonyl (C=O) groups excluding carboxylic acids is 1. The standard InChI is InChI=1S/C10H8ClF4NO3S/c11-20(18,19)8-2-1-7(5-6(8)3-4-12)16-9(17)10(13,14)15/h1-2,5H,3-4H2,(H,16,17). The topological polar surface area (TPSA) is 63.2 Å². The average Bonchev–Trinajstić information content (AvgIpc) is 2.26. The van der Waals surface area contributed by atoms with Crippen molar-refractivity contribution in [3.05, 3.63) is 23.8 Å². The van der Waals surface area contributed by atoms with E-state index >= 15 is 0 Å². The minimum atomic E-state index is -5.09. The van der Waals surface area contributed by atoms with E-state index in [1.54, 1.807) is 0 Å². The molecule has 10 heteroatoms. The van der Waals surface area contributed by atoms with Crippen LogP contribution in [0.4, 0.5) is 23.2 Å². The highest BCUT2D eigenvalue weighted by Gasteiger charge is 2.38. The number of nitrogens with one attached hydrogen (secondary N) is 1. The van der Waals surface area contributed by atoms with Gasteiger partial charge in [0.25, 0.3) is 9.05 Å². The summed E-state index contributed by atoms with van der Waals surface area (Å²) < 4.78 is 70.9. The van der Waals surface area contributed by atoms with Gasteiger partial charge < -0.3 is 5.32 Å². The van der Waals surface area contributed by atoms with Gasteiger partial charge in [0.2, 0.25) is 0 Å². The quantitative estimate of drug-likeness (QED) is 0.680. The van der Waals surface area contributed by atoms with Gasteiger partial charge in [-0.05, 0) is 23.8 Å². The molecule has 0 aliphatic carbocycles. The molecule has 0 aromatic heterocycles. The summed E-state index contributed by atoms with van der Waals surface area (Å²) >= 11 is 0. The Morgan fingerprint density at radius 3 is 2.35 bits per heavy atom. The van der Waals surface area contributed by atoms with Crippen molar-refractivity contribution in [1.82, 2.24) is 0 Å². The summed E-state index contributed by atoms with van der Waals surface area (Å²) in [6, 6.07) is 2.76. The van der Waals surface area contributed by atoms with Crippen LogP contribution in [0.15, 0.2) is 23.1 Å². The fourth-order valence-electron chi connectivity index (χ4n) is 1.39. The van der Waals surface area contributed by atoms with E-state index in [0.717, 1.165) is 18.2 Å². The number of alkyl halides is 4. The molecule has 0 saturated carbocycles. The lowest BCUT2D eigenvalue weighted by atomic mass is 10.1. The van der Waals surface area contributed by atoms with Crippen LogP contribution in [-0.2, 0) is 20.3 Å². The molecule has 0 aliphatic rings. The van der Waals surface area contributed by atoms with Crippen LogP contribution in [0, 0.1) is 0 Å². The first-order valence-electron chi connectivity index (χ1n) is 5.07. The molecule has 1 amide bonds. The molecule has 0 unspecified atom stereocenters. The summed E-state index contributed by atoms with van der Waals surface area (Å²) in [7, 11) is 0.954. The van der Waals surface area contributed by atoms with Gasteiger partial charge in [-0.15, -0.1) is 0 Å². The molecule has 20 heavy (non-hydrogen) atoms. The van der Waals surface area contributed by atoms with Gasteiger partial charge in [0.15, 0.2) is 0 Å². The Morgan fingerprint density at radius 2 is 1.90 bits per heavy atom. The summed E-state index contributed by atoms with van der Waals surface area (Å²) in [6.45, 7) is -0.934. The highest BCUT2D eigenvalue weighted by Crippen LogP contribution is 2.25. The zero-order valence-electron chi connectivity index (χ0n) is 9.67. The van der Waals surface area contributed by atoms with Crippen LogP contribution < -0.4 is 5.32 Å². The average molecular weight is 334 g/mol. The molecule has 1 rings (SSSR count). The van der Waals surface area contributed by atoms with Crippen molar-refractivity contribution in [3.63, 3.8) is 0 Å². The van der Waals surface area contributed by atoms with E-state index in [1.165, 1.54) is 5.32 Å². The maximum Gasteiger partial charge on any atom is 0.471 e. The number of amides is 1. The molecular formula is C10H8ClF4NO3S. The highest BCUT2D eigenvalue weighted by molar-refractivity contribution is 8.13. The Labute approximate surface area is 116 Å². The molecule has 0 saturated heterocycles. The summed E-state index contributed by atoms with van der Waals surface area (Å²) in [5.41, 5.74) is -0.428. The van der Waals surface area contributed by atoms with E-state index in [2.05, 4.69) is 0 Å². The number of aryl methyl sites for hydroxylation is 1. The third-order valence-corrected chi connectivity index (χ3v) is 3.62. The molecule has 0 spiro atoms. The fourth-order valence-corrected chi connectivity index (χ4v) is 2.55. The van der Waals surface area contributed by atoms with Crippen LogP contribution in [-0.4, -0.2) is 27.2 Å². The van der Waals surface area contributed by atoms with Gasteiger partial charge in [-0.2, -0.15) is 13.2 Å². The third kappa shape index (κ3) is 4.34. The van der Waals surface area contributed by atoms with Crippen molar-refractivity contribution >= 4 is 31.3 Å². The number of benzene rings is 1. The van der Waals surface area contributed by atoms with Crippen molar-refractivity contribution in [2.75, 3.05) is 12.0 Å². The Bertz CT molecular complexity index is 615.